The third kappa shape index (κ3) is 2.71. The molecule has 0 aromatic heterocycles. The summed E-state index contributed by atoms with van der Waals surface area (Å²) in [6.45, 7) is 0. The molecule has 0 fully saturated rings. The van der Waals surface area contributed by atoms with Gasteiger partial charge in [-0.2, -0.15) is 0 Å². The number of hydrogen-bond acceptors (Lipinski definition) is 3. The lowest BCUT2D eigenvalue weighted by atomic mass is 10.0. The Kier molecular flexibility index (Phi) is 3.77. The highest BCUT2D eigenvalue weighted by molar-refractivity contribution is 5.95. The monoisotopic (exact) mass is 260 g/mol. The first kappa shape index (κ1) is 13.0. The number of carbonyl (C=O) groups is 1. The molecule has 3 N–H and O–H groups in total. The van der Waals surface area contributed by atoms with E-state index in [0.29, 0.717) is 22.4 Å². The molecule has 0 aliphatic heterocycles. The van der Waals surface area contributed by atoms with Gasteiger partial charge in [-0.1, -0.05) is 12.1 Å². The highest BCUT2D eigenvalue weighted by Gasteiger charge is 2.10. The van der Waals surface area contributed by atoms with Gasteiger partial charge in [0.15, 0.2) is 0 Å². The Bertz CT molecular complexity index is 614. The minimum absolute atomic E-state index is 0.371. The van der Waals surface area contributed by atoms with Crippen molar-refractivity contribution in [1.29, 1.82) is 0 Å². The molecule has 0 aliphatic rings. The van der Waals surface area contributed by atoms with Gasteiger partial charge in [0, 0.05) is 11.1 Å². The van der Waals surface area contributed by atoms with Crippen LogP contribution in [0.5, 0.6) is 5.75 Å². The van der Waals surface area contributed by atoms with Gasteiger partial charge >= 0.3 is 0 Å². The summed E-state index contributed by atoms with van der Waals surface area (Å²) in [5, 5.41) is 0. The lowest BCUT2D eigenvalue weighted by molar-refractivity contribution is 0.0953. The van der Waals surface area contributed by atoms with Crippen LogP contribution in [0.4, 0.5) is 4.39 Å². The van der Waals surface area contributed by atoms with Crippen LogP contribution >= 0.6 is 0 Å². The van der Waals surface area contributed by atoms with Crippen molar-refractivity contribution < 1.29 is 13.9 Å². The third-order valence-electron chi connectivity index (χ3n) is 2.73. The number of amides is 1. The first-order valence-electron chi connectivity index (χ1n) is 5.60. The van der Waals surface area contributed by atoms with Crippen LogP contribution in [0.2, 0.25) is 0 Å². The van der Waals surface area contributed by atoms with Gasteiger partial charge in [0.25, 0.3) is 5.91 Å². The lowest BCUT2D eigenvalue weighted by Crippen LogP contribution is -2.29. The molecule has 5 heteroatoms. The lowest BCUT2D eigenvalue weighted by Gasteiger charge is -2.09. The van der Waals surface area contributed by atoms with Crippen molar-refractivity contribution in [3.63, 3.8) is 0 Å². The van der Waals surface area contributed by atoms with Crippen molar-refractivity contribution in [2.24, 2.45) is 5.84 Å². The van der Waals surface area contributed by atoms with Gasteiger partial charge in [-0.25, -0.2) is 10.2 Å². The van der Waals surface area contributed by atoms with Crippen LogP contribution in [0.3, 0.4) is 0 Å². The third-order valence-corrected chi connectivity index (χ3v) is 2.73. The fourth-order valence-corrected chi connectivity index (χ4v) is 1.82. The van der Waals surface area contributed by atoms with Gasteiger partial charge in [-0.15, -0.1) is 0 Å². The highest BCUT2D eigenvalue weighted by Crippen LogP contribution is 2.31. The normalized spacial score (nSPS) is 10.1. The molecule has 1 amide bonds. The van der Waals surface area contributed by atoms with Crippen LogP contribution in [0.15, 0.2) is 42.5 Å². The molecule has 0 radical (unpaired) electrons. The second-order valence-corrected chi connectivity index (χ2v) is 3.90. The Morgan fingerprint density at radius 3 is 2.74 bits per heavy atom. The molecular formula is C14H13FN2O2. The van der Waals surface area contributed by atoms with Crippen LogP contribution in [0.25, 0.3) is 11.1 Å². The van der Waals surface area contributed by atoms with Crippen molar-refractivity contribution in [1.82, 2.24) is 5.43 Å². The Hall–Kier alpha value is -2.40. The molecule has 0 saturated carbocycles. The second-order valence-electron chi connectivity index (χ2n) is 3.90. The van der Waals surface area contributed by atoms with Crippen LogP contribution in [0.1, 0.15) is 10.4 Å². The van der Waals surface area contributed by atoms with Gasteiger partial charge in [-0.3, -0.25) is 10.2 Å². The molecule has 0 spiro atoms. The predicted octanol–water partition coefficient (Wildman–Crippen LogP) is 2.10. The smallest absolute Gasteiger partial charge is 0.265 e. The first-order chi connectivity index (χ1) is 9.15. The molecule has 0 saturated heterocycles. The fourth-order valence-electron chi connectivity index (χ4n) is 1.82. The van der Waals surface area contributed by atoms with Crippen LogP contribution < -0.4 is 16.0 Å². The summed E-state index contributed by atoms with van der Waals surface area (Å²) in [6.07, 6.45) is 0. The van der Waals surface area contributed by atoms with Crippen molar-refractivity contribution in [2.45, 2.75) is 0 Å². The summed E-state index contributed by atoms with van der Waals surface area (Å²) in [6, 6.07) is 10.9. The van der Waals surface area contributed by atoms with Crippen molar-refractivity contribution in [3.8, 4) is 16.9 Å². The van der Waals surface area contributed by atoms with Crippen LogP contribution in [0, 0.1) is 5.82 Å². The van der Waals surface area contributed by atoms with E-state index in [1.165, 1.54) is 19.2 Å². The molecule has 0 atom stereocenters. The number of nitrogens with one attached hydrogen (secondary N) is 1. The predicted molar refractivity (Wildman–Crippen MR) is 70.0 cm³/mol. The average molecular weight is 260 g/mol. The largest absolute Gasteiger partial charge is 0.496 e. The fraction of sp³-hybridized carbons (Fsp3) is 0.0714. The number of ether oxygens (including phenoxy) is 1. The maximum Gasteiger partial charge on any atom is 0.265 e. The van der Waals surface area contributed by atoms with Crippen molar-refractivity contribution in [2.75, 3.05) is 7.11 Å². The maximum absolute atomic E-state index is 13.3. The Labute approximate surface area is 110 Å². The molecular weight excluding hydrogens is 247 g/mol. The zero-order valence-electron chi connectivity index (χ0n) is 10.3. The summed E-state index contributed by atoms with van der Waals surface area (Å²) in [7, 11) is 1.51. The second kappa shape index (κ2) is 5.49. The number of rotatable bonds is 3. The number of nitrogens with two attached hydrogens (primary N) is 1. The van der Waals surface area contributed by atoms with E-state index in [4.69, 9.17) is 10.6 Å². The van der Waals surface area contributed by atoms with Crippen molar-refractivity contribution in [3.05, 3.63) is 53.8 Å². The van der Waals surface area contributed by atoms with Crippen LogP contribution in [-0.4, -0.2) is 13.0 Å². The summed E-state index contributed by atoms with van der Waals surface area (Å²) in [5.74, 6) is 4.85. The quantitative estimate of drug-likeness (QED) is 0.504. The molecule has 0 unspecified atom stereocenters. The average Bonchev–Trinajstić information content (AvgIpc) is 2.46. The van der Waals surface area contributed by atoms with Gasteiger partial charge < -0.3 is 4.74 Å². The number of hydrogen-bond donors (Lipinski definition) is 2. The van der Waals surface area contributed by atoms with Gasteiger partial charge in [0.1, 0.15) is 11.6 Å². The number of hydrazine groups is 1. The SMILES string of the molecule is COc1ccc(F)cc1-c1cccc(C(=O)NN)c1. The number of benzene rings is 2. The van der Waals surface area contributed by atoms with E-state index in [9.17, 15) is 9.18 Å². The van der Waals surface area contributed by atoms with E-state index in [1.807, 2.05) is 0 Å². The van der Waals surface area contributed by atoms with E-state index in [2.05, 4.69) is 5.43 Å². The van der Waals surface area contributed by atoms with E-state index >= 15 is 0 Å². The summed E-state index contributed by atoms with van der Waals surface area (Å²) in [5.41, 5.74) is 3.71. The molecule has 0 bridgehead atoms. The Morgan fingerprint density at radius 2 is 2.05 bits per heavy atom. The van der Waals surface area contributed by atoms with Gasteiger partial charge in [0.2, 0.25) is 0 Å². The minimum atomic E-state index is -0.405. The highest BCUT2D eigenvalue weighted by atomic mass is 19.1. The molecule has 2 aromatic rings. The summed E-state index contributed by atoms with van der Waals surface area (Å²) in [4.78, 5) is 11.5. The number of carbonyl (C=O) groups excluding carboxylic acids is 1. The topological polar surface area (TPSA) is 64.3 Å². The first-order valence-corrected chi connectivity index (χ1v) is 5.60. The maximum atomic E-state index is 13.3. The van der Waals surface area contributed by atoms with Crippen LogP contribution in [-0.2, 0) is 0 Å². The molecule has 19 heavy (non-hydrogen) atoms. The van der Waals surface area contributed by atoms with Gasteiger partial charge in [0.05, 0.1) is 7.11 Å². The standard InChI is InChI=1S/C14H13FN2O2/c1-19-13-6-5-11(15)8-12(13)9-3-2-4-10(7-9)14(18)17-16/h2-8H,16H2,1H3,(H,17,18). The zero-order chi connectivity index (χ0) is 13.8. The number of methoxy groups -OCH3 is 1. The summed E-state index contributed by atoms with van der Waals surface area (Å²) >= 11 is 0. The van der Waals surface area contributed by atoms with E-state index in [0.717, 1.165) is 0 Å². The molecule has 0 aliphatic carbocycles. The van der Waals surface area contributed by atoms with E-state index < -0.39 is 5.91 Å². The zero-order valence-corrected chi connectivity index (χ0v) is 10.3. The number of halogens is 1. The van der Waals surface area contributed by atoms with Gasteiger partial charge in [-0.05, 0) is 35.9 Å². The summed E-state index contributed by atoms with van der Waals surface area (Å²) < 4.78 is 18.5. The molecule has 4 nitrogen and oxygen atoms in total. The number of nitrogen functional groups attached to an aromatic ring is 1. The van der Waals surface area contributed by atoms with Crippen molar-refractivity contribution >= 4 is 5.91 Å². The minimum Gasteiger partial charge on any atom is -0.496 e. The van der Waals surface area contributed by atoms with E-state index in [1.54, 1.807) is 30.3 Å². The molecule has 2 aromatic carbocycles. The molecule has 2 rings (SSSR count). The van der Waals surface area contributed by atoms with E-state index in [-0.39, 0.29) is 5.82 Å². The Morgan fingerprint density at radius 1 is 1.26 bits per heavy atom. The Balaban J connectivity index is 2.52. The molecule has 0 heterocycles. The molecule has 98 valence electrons.